The van der Waals surface area contributed by atoms with E-state index in [-0.39, 0.29) is 6.04 Å². The highest BCUT2D eigenvalue weighted by Gasteiger charge is 2.29. The van der Waals surface area contributed by atoms with Crippen LogP contribution in [0.25, 0.3) is 0 Å². The average molecular weight is 340 g/mol. The van der Waals surface area contributed by atoms with Crippen molar-refractivity contribution in [3.05, 3.63) is 63.6 Å². The first-order chi connectivity index (χ1) is 9.54. The second kappa shape index (κ2) is 5.14. The van der Waals surface area contributed by atoms with Gasteiger partial charge in [-0.15, -0.1) is 0 Å². The van der Waals surface area contributed by atoms with Crippen molar-refractivity contribution in [3.8, 4) is 5.75 Å². The minimum absolute atomic E-state index is 0.245. The lowest BCUT2D eigenvalue weighted by Crippen LogP contribution is -2.24. The van der Waals surface area contributed by atoms with E-state index in [0.717, 1.165) is 16.1 Å². The minimum atomic E-state index is -0.609. The van der Waals surface area contributed by atoms with Gasteiger partial charge >= 0.3 is 0 Å². The quantitative estimate of drug-likeness (QED) is 0.842. The smallest absolute Gasteiger partial charge is 0.133 e. The Morgan fingerprint density at radius 3 is 2.65 bits per heavy atom. The normalized spacial score (nSPS) is 21.2. The predicted molar refractivity (Wildman–Crippen MR) is 75.4 cm³/mol. The zero-order valence-corrected chi connectivity index (χ0v) is 12.0. The van der Waals surface area contributed by atoms with E-state index >= 15 is 0 Å². The third-order valence-electron chi connectivity index (χ3n) is 3.42. The highest BCUT2D eigenvalue weighted by Crippen LogP contribution is 2.41. The lowest BCUT2D eigenvalue weighted by Gasteiger charge is -2.30. The van der Waals surface area contributed by atoms with Gasteiger partial charge in [-0.1, -0.05) is 15.9 Å². The van der Waals surface area contributed by atoms with Crippen LogP contribution in [0, 0.1) is 11.6 Å². The summed E-state index contributed by atoms with van der Waals surface area (Å²) in [5.74, 6) is -0.570. The Morgan fingerprint density at radius 1 is 1.10 bits per heavy atom. The van der Waals surface area contributed by atoms with Crippen molar-refractivity contribution < 1.29 is 13.5 Å². The summed E-state index contributed by atoms with van der Waals surface area (Å²) in [6, 6.07) is 8.79. The Labute approximate surface area is 123 Å². The molecule has 1 aliphatic heterocycles. The summed E-state index contributed by atoms with van der Waals surface area (Å²) in [6.45, 7) is 0. The van der Waals surface area contributed by atoms with Gasteiger partial charge in [-0.05, 0) is 30.3 Å². The van der Waals surface area contributed by atoms with Gasteiger partial charge in [0, 0.05) is 34.1 Å². The van der Waals surface area contributed by atoms with Gasteiger partial charge in [-0.25, -0.2) is 8.78 Å². The third kappa shape index (κ3) is 2.43. The van der Waals surface area contributed by atoms with Crippen molar-refractivity contribution in [1.82, 2.24) is 0 Å². The maximum atomic E-state index is 13.8. The van der Waals surface area contributed by atoms with Gasteiger partial charge in [0.1, 0.15) is 23.5 Å². The number of nitrogens with two attached hydrogens (primary N) is 1. The molecule has 0 saturated heterocycles. The first-order valence-corrected chi connectivity index (χ1v) is 7.00. The molecule has 1 unspecified atom stereocenters. The van der Waals surface area contributed by atoms with Crippen molar-refractivity contribution in [2.24, 2.45) is 5.73 Å². The molecule has 20 heavy (non-hydrogen) atoms. The van der Waals surface area contributed by atoms with Gasteiger partial charge < -0.3 is 10.5 Å². The number of ether oxygens (including phenoxy) is 1. The standard InChI is InChI=1S/C15H12BrF2NO/c16-8-1-4-14-11(5-8)13(19)7-15(20-14)10-3-2-9(17)6-12(10)18/h1-6,13,15H,7,19H2/t13-,15?/m1/s1. The Morgan fingerprint density at radius 2 is 1.90 bits per heavy atom. The molecule has 1 heterocycles. The van der Waals surface area contributed by atoms with Gasteiger partial charge in [0.25, 0.3) is 0 Å². The van der Waals surface area contributed by atoms with Crippen LogP contribution in [0.3, 0.4) is 0 Å². The molecule has 0 radical (unpaired) electrons. The predicted octanol–water partition coefficient (Wildman–Crippen LogP) is 4.25. The lowest BCUT2D eigenvalue weighted by atomic mass is 9.93. The molecule has 104 valence electrons. The van der Waals surface area contributed by atoms with Gasteiger partial charge in [0.05, 0.1) is 0 Å². The first kappa shape index (κ1) is 13.5. The molecule has 2 aromatic rings. The van der Waals surface area contributed by atoms with E-state index in [2.05, 4.69) is 15.9 Å². The summed E-state index contributed by atoms with van der Waals surface area (Å²) < 4.78 is 33.5. The summed E-state index contributed by atoms with van der Waals surface area (Å²) in [4.78, 5) is 0. The van der Waals surface area contributed by atoms with Gasteiger partial charge in [-0.3, -0.25) is 0 Å². The molecule has 0 amide bonds. The van der Waals surface area contributed by atoms with Crippen molar-refractivity contribution in [1.29, 1.82) is 0 Å². The molecule has 5 heteroatoms. The van der Waals surface area contributed by atoms with E-state index in [1.54, 1.807) is 6.07 Å². The van der Waals surface area contributed by atoms with Crippen molar-refractivity contribution in [2.75, 3.05) is 0 Å². The van der Waals surface area contributed by atoms with Crippen LogP contribution in [0.2, 0.25) is 0 Å². The third-order valence-corrected chi connectivity index (χ3v) is 3.91. The van der Waals surface area contributed by atoms with Crippen LogP contribution < -0.4 is 10.5 Å². The lowest BCUT2D eigenvalue weighted by molar-refractivity contribution is 0.157. The van der Waals surface area contributed by atoms with Crippen LogP contribution in [0.5, 0.6) is 5.75 Å². The second-order valence-electron chi connectivity index (χ2n) is 4.80. The van der Waals surface area contributed by atoms with Crippen LogP contribution in [0.1, 0.15) is 29.7 Å². The summed E-state index contributed by atoms with van der Waals surface area (Å²) >= 11 is 3.38. The van der Waals surface area contributed by atoms with Gasteiger partial charge in [0.2, 0.25) is 0 Å². The fourth-order valence-electron chi connectivity index (χ4n) is 2.43. The molecule has 0 aromatic heterocycles. The van der Waals surface area contributed by atoms with E-state index in [1.807, 2.05) is 12.1 Å². The van der Waals surface area contributed by atoms with E-state index in [4.69, 9.17) is 10.5 Å². The molecule has 0 bridgehead atoms. The van der Waals surface area contributed by atoms with Gasteiger partial charge in [0.15, 0.2) is 0 Å². The largest absolute Gasteiger partial charge is 0.485 e. The van der Waals surface area contributed by atoms with Crippen molar-refractivity contribution in [2.45, 2.75) is 18.6 Å². The van der Waals surface area contributed by atoms with E-state index in [1.165, 1.54) is 12.1 Å². The van der Waals surface area contributed by atoms with Crippen molar-refractivity contribution >= 4 is 15.9 Å². The van der Waals surface area contributed by atoms with Crippen LogP contribution >= 0.6 is 15.9 Å². The van der Waals surface area contributed by atoms with Crippen molar-refractivity contribution in [3.63, 3.8) is 0 Å². The zero-order valence-electron chi connectivity index (χ0n) is 10.4. The minimum Gasteiger partial charge on any atom is -0.485 e. The first-order valence-electron chi connectivity index (χ1n) is 6.21. The van der Waals surface area contributed by atoms with Crippen LogP contribution in [0.4, 0.5) is 8.78 Å². The number of halogens is 3. The molecule has 0 saturated carbocycles. The average Bonchev–Trinajstić information content (AvgIpc) is 2.39. The molecule has 2 nitrogen and oxygen atoms in total. The Balaban J connectivity index is 1.97. The number of benzene rings is 2. The molecule has 0 fully saturated rings. The maximum absolute atomic E-state index is 13.8. The number of hydrogen-bond acceptors (Lipinski definition) is 2. The van der Waals surface area contributed by atoms with Gasteiger partial charge in [-0.2, -0.15) is 0 Å². The highest BCUT2D eigenvalue weighted by atomic mass is 79.9. The monoisotopic (exact) mass is 339 g/mol. The van der Waals surface area contributed by atoms with Crippen LogP contribution in [0.15, 0.2) is 40.9 Å². The van der Waals surface area contributed by atoms with E-state index < -0.39 is 17.7 Å². The zero-order chi connectivity index (χ0) is 14.3. The number of rotatable bonds is 1. The molecule has 2 aromatic carbocycles. The molecular weight excluding hydrogens is 328 g/mol. The summed E-state index contributed by atoms with van der Waals surface area (Å²) in [6.07, 6.45) is -0.0503. The molecule has 3 rings (SSSR count). The molecule has 2 N–H and O–H groups in total. The Hall–Kier alpha value is -1.46. The molecule has 0 aliphatic carbocycles. The Kier molecular flexibility index (Phi) is 3.48. The fraction of sp³-hybridized carbons (Fsp3) is 0.200. The second-order valence-corrected chi connectivity index (χ2v) is 5.71. The maximum Gasteiger partial charge on any atom is 0.133 e. The van der Waals surface area contributed by atoms with Crippen LogP contribution in [-0.2, 0) is 0 Å². The Bertz CT molecular complexity index is 662. The molecule has 0 spiro atoms. The SMILES string of the molecule is N[C@@H]1CC(c2ccc(F)cc2F)Oc2ccc(Br)cc21. The van der Waals surface area contributed by atoms with Crippen LogP contribution in [-0.4, -0.2) is 0 Å². The van der Waals surface area contributed by atoms with E-state index in [9.17, 15) is 8.78 Å². The highest BCUT2D eigenvalue weighted by molar-refractivity contribution is 9.10. The fourth-order valence-corrected chi connectivity index (χ4v) is 2.81. The molecule has 2 atom stereocenters. The summed E-state index contributed by atoms with van der Waals surface area (Å²) in [5, 5.41) is 0. The molecule has 1 aliphatic rings. The summed E-state index contributed by atoms with van der Waals surface area (Å²) in [7, 11) is 0. The van der Waals surface area contributed by atoms with E-state index in [0.29, 0.717) is 17.7 Å². The topological polar surface area (TPSA) is 35.2 Å². The molecular formula is C15H12BrF2NO. The summed E-state index contributed by atoms with van der Waals surface area (Å²) in [5.41, 5.74) is 7.34. The number of fused-ring (bicyclic) bond motifs is 1. The number of hydrogen-bond donors (Lipinski definition) is 1.